The minimum atomic E-state index is -1.08. The van der Waals surface area contributed by atoms with Crippen molar-refractivity contribution in [1.82, 2.24) is 4.98 Å². The summed E-state index contributed by atoms with van der Waals surface area (Å²) in [5.41, 5.74) is -0.584. The van der Waals surface area contributed by atoms with E-state index in [4.69, 9.17) is 15.3 Å². The quantitative estimate of drug-likeness (QED) is 0.462. The Morgan fingerprint density at radius 1 is 1.29 bits per heavy atom. The smallest absolute Gasteiger partial charge is 0.331 e. The second kappa shape index (κ2) is 9.83. The molecule has 11 heteroatoms. The number of aliphatic carboxylic acids is 3. The Morgan fingerprint density at radius 2 is 2.00 bits per heavy atom. The first-order chi connectivity index (χ1) is 14.5. The van der Waals surface area contributed by atoms with Gasteiger partial charge in [-0.05, 0) is 32.3 Å². The Morgan fingerprint density at radius 3 is 2.58 bits per heavy atom. The average Bonchev–Trinajstić information content (AvgIpc) is 2.74. The topological polar surface area (TPSA) is 171 Å². The molecule has 0 aromatic carbocycles. The number of aromatic nitrogens is 1. The zero-order chi connectivity index (χ0) is 23.2. The Hall–Kier alpha value is -3.76. The first-order valence-corrected chi connectivity index (χ1v) is 9.46. The molecular formula is C20H23N3O8. The van der Waals surface area contributed by atoms with Gasteiger partial charge < -0.3 is 20.2 Å². The number of hydrogen-bond acceptors (Lipinski definition) is 7. The summed E-state index contributed by atoms with van der Waals surface area (Å²) in [6.07, 6.45) is 8.44. The number of piperidine rings is 1. The van der Waals surface area contributed by atoms with Crippen LogP contribution in [0.2, 0.25) is 0 Å². The van der Waals surface area contributed by atoms with Gasteiger partial charge >= 0.3 is 23.6 Å². The highest BCUT2D eigenvalue weighted by Gasteiger charge is 2.34. The summed E-state index contributed by atoms with van der Waals surface area (Å²) in [6.45, 7) is 2.44. The van der Waals surface area contributed by atoms with Crippen LogP contribution in [-0.2, 0) is 14.4 Å². The summed E-state index contributed by atoms with van der Waals surface area (Å²) in [5.74, 6) is -3.38. The molecule has 3 rings (SSSR count). The van der Waals surface area contributed by atoms with Crippen molar-refractivity contribution in [2.75, 3.05) is 18.0 Å². The maximum atomic E-state index is 11.0. The van der Waals surface area contributed by atoms with Gasteiger partial charge in [0.15, 0.2) is 0 Å². The fourth-order valence-corrected chi connectivity index (χ4v) is 3.37. The zero-order valence-electron chi connectivity index (χ0n) is 16.8. The molecule has 11 nitrogen and oxygen atoms in total. The number of carboxylic acids is 3. The standard InChI is InChI=1S/C11H13N3O4.C9H10O4/c15-11(16)8-2-1-5-13(7-8)9-3-4-12-6-10(9)14(17)18;1-9(8(12)13)4-2-3-6(5-9)7(10)11/h3-4,6,8H,1-2,5,7H2,(H,15,16);2-4H,5H2,1H3,(H,10,11)(H,12,13). The van der Waals surface area contributed by atoms with Crippen molar-refractivity contribution in [3.63, 3.8) is 0 Å². The normalized spacial score (nSPS) is 22.5. The molecule has 2 atom stereocenters. The lowest BCUT2D eigenvalue weighted by molar-refractivity contribution is -0.384. The van der Waals surface area contributed by atoms with Crippen LogP contribution in [0.25, 0.3) is 0 Å². The van der Waals surface area contributed by atoms with E-state index >= 15 is 0 Å². The van der Waals surface area contributed by atoms with Crippen LogP contribution in [0.3, 0.4) is 0 Å². The molecule has 1 fully saturated rings. The highest BCUT2D eigenvalue weighted by atomic mass is 16.6. The van der Waals surface area contributed by atoms with Gasteiger partial charge in [0, 0.05) is 24.9 Å². The lowest BCUT2D eigenvalue weighted by Crippen LogP contribution is -2.39. The maximum absolute atomic E-state index is 11.0. The van der Waals surface area contributed by atoms with Crippen LogP contribution in [0.1, 0.15) is 26.2 Å². The van der Waals surface area contributed by atoms with Crippen LogP contribution in [0.5, 0.6) is 0 Å². The van der Waals surface area contributed by atoms with Gasteiger partial charge in [0.1, 0.15) is 11.9 Å². The second-order valence-electron chi connectivity index (χ2n) is 7.50. The highest BCUT2D eigenvalue weighted by Crippen LogP contribution is 2.32. The van der Waals surface area contributed by atoms with E-state index in [-0.39, 0.29) is 17.7 Å². The van der Waals surface area contributed by atoms with Crippen LogP contribution in [-0.4, -0.2) is 56.2 Å². The number of anilines is 1. The van der Waals surface area contributed by atoms with Gasteiger partial charge in [-0.15, -0.1) is 0 Å². The number of pyridine rings is 1. The number of hydrogen-bond donors (Lipinski definition) is 3. The number of nitrogens with zero attached hydrogens (tertiary/aromatic N) is 3. The Labute approximate surface area is 177 Å². The number of rotatable bonds is 5. The van der Waals surface area contributed by atoms with Gasteiger partial charge in [-0.1, -0.05) is 18.2 Å². The summed E-state index contributed by atoms with van der Waals surface area (Å²) < 4.78 is 0. The van der Waals surface area contributed by atoms with Crippen molar-refractivity contribution in [3.05, 3.63) is 52.4 Å². The molecule has 0 spiro atoms. The first-order valence-electron chi connectivity index (χ1n) is 9.46. The van der Waals surface area contributed by atoms with Gasteiger partial charge in [-0.2, -0.15) is 0 Å². The molecule has 31 heavy (non-hydrogen) atoms. The van der Waals surface area contributed by atoms with Gasteiger partial charge in [0.05, 0.1) is 16.3 Å². The maximum Gasteiger partial charge on any atom is 0.331 e. The Balaban J connectivity index is 0.000000233. The van der Waals surface area contributed by atoms with Crippen molar-refractivity contribution in [2.24, 2.45) is 11.3 Å². The molecule has 166 valence electrons. The van der Waals surface area contributed by atoms with E-state index in [0.717, 1.165) is 6.42 Å². The number of carboxylic acid groups (broad SMARTS) is 3. The summed E-state index contributed by atoms with van der Waals surface area (Å²) in [6, 6.07) is 1.56. The van der Waals surface area contributed by atoms with E-state index in [0.29, 0.717) is 25.2 Å². The van der Waals surface area contributed by atoms with E-state index in [2.05, 4.69) is 4.98 Å². The van der Waals surface area contributed by atoms with Gasteiger partial charge in [-0.3, -0.25) is 24.7 Å². The fraction of sp³-hybridized carbons (Fsp3) is 0.400. The number of allylic oxidation sites excluding steroid dienone is 2. The van der Waals surface area contributed by atoms with Crippen molar-refractivity contribution in [3.8, 4) is 0 Å². The monoisotopic (exact) mass is 433 g/mol. The average molecular weight is 433 g/mol. The molecule has 2 heterocycles. The summed E-state index contributed by atoms with van der Waals surface area (Å²) in [4.78, 5) is 48.2. The molecule has 1 aliphatic heterocycles. The Kier molecular flexibility index (Phi) is 7.46. The number of nitro groups is 1. The second-order valence-corrected chi connectivity index (χ2v) is 7.50. The third-order valence-corrected chi connectivity index (χ3v) is 5.17. The third-order valence-electron chi connectivity index (χ3n) is 5.17. The van der Waals surface area contributed by atoms with Crippen molar-refractivity contribution in [1.29, 1.82) is 0 Å². The van der Waals surface area contributed by atoms with E-state index in [1.165, 1.54) is 37.5 Å². The molecule has 1 aromatic rings. The molecule has 1 aromatic heterocycles. The highest BCUT2D eigenvalue weighted by molar-refractivity contribution is 5.90. The predicted molar refractivity (Wildman–Crippen MR) is 109 cm³/mol. The lowest BCUT2D eigenvalue weighted by atomic mass is 9.80. The van der Waals surface area contributed by atoms with Gasteiger partial charge in [-0.25, -0.2) is 4.79 Å². The van der Waals surface area contributed by atoms with Crippen LogP contribution >= 0.6 is 0 Å². The lowest BCUT2D eigenvalue weighted by Gasteiger charge is -2.31. The molecule has 2 unspecified atom stereocenters. The molecule has 0 bridgehead atoms. The zero-order valence-corrected chi connectivity index (χ0v) is 16.8. The largest absolute Gasteiger partial charge is 0.481 e. The minimum absolute atomic E-state index is 0.0359. The number of carbonyl (C=O) groups is 3. The predicted octanol–water partition coefficient (Wildman–Crippen LogP) is 2.34. The summed E-state index contributed by atoms with van der Waals surface area (Å²) in [7, 11) is 0. The Bertz CT molecular complexity index is 942. The van der Waals surface area contributed by atoms with Gasteiger partial charge in [0.25, 0.3) is 0 Å². The third kappa shape index (κ3) is 5.87. The molecule has 1 saturated heterocycles. The van der Waals surface area contributed by atoms with E-state index in [9.17, 15) is 24.5 Å². The first kappa shape index (κ1) is 23.5. The SMILES string of the molecule is CC1(C(=O)O)C=CC=C(C(=O)O)C1.O=C(O)C1CCCN(c2ccncc2[N+](=O)[O-])C1. The van der Waals surface area contributed by atoms with E-state index in [1.807, 2.05) is 0 Å². The van der Waals surface area contributed by atoms with Crippen LogP contribution < -0.4 is 4.90 Å². The molecule has 0 amide bonds. The van der Waals surface area contributed by atoms with E-state index < -0.39 is 34.2 Å². The van der Waals surface area contributed by atoms with Crippen molar-refractivity contribution < 1.29 is 34.6 Å². The van der Waals surface area contributed by atoms with Crippen molar-refractivity contribution in [2.45, 2.75) is 26.2 Å². The van der Waals surface area contributed by atoms with Crippen LogP contribution in [0.4, 0.5) is 11.4 Å². The molecule has 0 saturated carbocycles. The van der Waals surface area contributed by atoms with Crippen LogP contribution in [0, 0.1) is 21.4 Å². The molecule has 2 aliphatic rings. The fourth-order valence-electron chi connectivity index (χ4n) is 3.37. The van der Waals surface area contributed by atoms with Crippen LogP contribution in [0.15, 0.2) is 42.3 Å². The summed E-state index contributed by atoms with van der Waals surface area (Å²) >= 11 is 0. The van der Waals surface area contributed by atoms with Crippen molar-refractivity contribution >= 4 is 29.3 Å². The molecule has 0 radical (unpaired) electrons. The summed E-state index contributed by atoms with van der Waals surface area (Å²) in [5, 5.41) is 37.4. The van der Waals surface area contributed by atoms with E-state index in [1.54, 1.807) is 11.0 Å². The molecule has 1 aliphatic carbocycles. The minimum Gasteiger partial charge on any atom is -0.481 e. The molecule has 3 N–H and O–H groups in total. The van der Waals surface area contributed by atoms with Gasteiger partial charge in [0.2, 0.25) is 0 Å². The molecular weight excluding hydrogens is 410 g/mol.